The molecule has 0 aromatic rings. The lowest BCUT2D eigenvalue weighted by Crippen LogP contribution is -2.60. The quantitative estimate of drug-likeness (QED) is 0.804. The Morgan fingerprint density at radius 1 is 1.06 bits per heavy atom. The first-order valence-corrected chi connectivity index (χ1v) is 7.35. The number of hydrogen-bond donors (Lipinski definition) is 1. The maximum Gasteiger partial charge on any atom is 0.242 e. The van der Waals surface area contributed by atoms with Crippen molar-refractivity contribution >= 4 is 5.91 Å². The summed E-state index contributed by atoms with van der Waals surface area (Å²) < 4.78 is 0. The highest BCUT2D eigenvalue weighted by molar-refractivity contribution is 5.86. The van der Waals surface area contributed by atoms with E-state index < -0.39 is 5.54 Å². The van der Waals surface area contributed by atoms with Gasteiger partial charge in [0.25, 0.3) is 0 Å². The summed E-state index contributed by atoms with van der Waals surface area (Å²) in [5.74, 6) is 0.200. The fourth-order valence-corrected chi connectivity index (χ4v) is 3.15. The Morgan fingerprint density at radius 3 is 2.11 bits per heavy atom. The molecule has 2 rings (SSSR count). The third kappa shape index (κ3) is 2.86. The Hall–Kier alpha value is -0.610. The van der Waals surface area contributed by atoms with Gasteiger partial charge < -0.3 is 10.6 Å². The first kappa shape index (κ1) is 13.8. The van der Waals surface area contributed by atoms with Crippen molar-refractivity contribution in [1.82, 2.24) is 9.80 Å². The van der Waals surface area contributed by atoms with Crippen molar-refractivity contribution in [1.29, 1.82) is 0 Å². The van der Waals surface area contributed by atoms with Gasteiger partial charge in [-0.15, -0.1) is 0 Å². The molecule has 2 fully saturated rings. The molecule has 2 N–H and O–H groups in total. The van der Waals surface area contributed by atoms with Crippen LogP contribution in [0.25, 0.3) is 0 Å². The van der Waals surface area contributed by atoms with Crippen molar-refractivity contribution in [2.75, 3.05) is 26.2 Å². The van der Waals surface area contributed by atoms with Gasteiger partial charge in [0.1, 0.15) is 0 Å². The van der Waals surface area contributed by atoms with E-state index in [-0.39, 0.29) is 5.91 Å². The summed E-state index contributed by atoms with van der Waals surface area (Å²) in [5, 5.41) is 0. The minimum absolute atomic E-state index is 0.200. The van der Waals surface area contributed by atoms with Crippen LogP contribution in [0.15, 0.2) is 0 Å². The molecule has 4 heteroatoms. The Kier molecular flexibility index (Phi) is 4.28. The van der Waals surface area contributed by atoms with Crippen LogP contribution in [0, 0.1) is 0 Å². The molecule has 18 heavy (non-hydrogen) atoms. The lowest BCUT2D eigenvalue weighted by atomic mass is 9.81. The van der Waals surface area contributed by atoms with Crippen molar-refractivity contribution in [2.24, 2.45) is 5.73 Å². The van der Waals surface area contributed by atoms with E-state index in [1.54, 1.807) is 0 Å². The molecule has 0 aromatic carbocycles. The van der Waals surface area contributed by atoms with Crippen LogP contribution in [-0.2, 0) is 4.79 Å². The van der Waals surface area contributed by atoms with Crippen LogP contribution < -0.4 is 5.73 Å². The summed E-state index contributed by atoms with van der Waals surface area (Å²) in [6.45, 7) is 8.08. The van der Waals surface area contributed by atoms with Gasteiger partial charge >= 0.3 is 0 Å². The van der Waals surface area contributed by atoms with E-state index in [1.165, 1.54) is 6.42 Å². The largest absolute Gasteiger partial charge is 0.339 e. The van der Waals surface area contributed by atoms with E-state index in [0.29, 0.717) is 6.04 Å². The van der Waals surface area contributed by atoms with E-state index in [2.05, 4.69) is 18.7 Å². The molecule has 1 amide bonds. The van der Waals surface area contributed by atoms with E-state index in [4.69, 9.17) is 5.73 Å². The molecule has 1 aliphatic heterocycles. The van der Waals surface area contributed by atoms with E-state index in [9.17, 15) is 4.79 Å². The average molecular weight is 253 g/mol. The lowest BCUT2D eigenvalue weighted by molar-refractivity contribution is -0.140. The fourth-order valence-electron chi connectivity index (χ4n) is 3.15. The van der Waals surface area contributed by atoms with Gasteiger partial charge in [0.2, 0.25) is 5.91 Å². The SMILES string of the molecule is CC(C)N1CCN(C(=O)C2(N)CCCCC2)CC1. The first-order chi connectivity index (χ1) is 8.53. The maximum absolute atomic E-state index is 12.5. The van der Waals surface area contributed by atoms with Gasteiger partial charge in [-0.05, 0) is 26.7 Å². The Labute approximate surface area is 110 Å². The van der Waals surface area contributed by atoms with Crippen LogP contribution in [0.5, 0.6) is 0 Å². The number of nitrogens with zero attached hydrogens (tertiary/aromatic N) is 2. The molecular weight excluding hydrogens is 226 g/mol. The van der Waals surface area contributed by atoms with Crippen molar-refractivity contribution in [3.8, 4) is 0 Å². The molecule has 4 nitrogen and oxygen atoms in total. The first-order valence-electron chi connectivity index (χ1n) is 7.35. The standard InChI is InChI=1S/C14H27N3O/c1-12(2)16-8-10-17(11-9-16)13(18)14(15)6-4-3-5-7-14/h12H,3-11,15H2,1-2H3. The fraction of sp³-hybridized carbons (Fsp3) is 0.929. The van der Waals surface area contributed by atoms with Gasteiger partial charge in [0, 0.05) is 32.2 Å². The third-order valence-corrected chi connectivity index (χ3v) is 4.50. The molecule has 0 spiro atoms. The normalized spacial score (nSPS) is 25.4. The van der Waals surface area contributed by atoms with Crippen LogP contribution in [0.1, 0.15) is 46.0 Å². The van der Waals surface area contributed by atoms with E-state index in [0.717, 1.165) is 51.9 Å². The number of piperazine rings is 1. The summed E-state index contributed by atoms with van der Waals surface area (Å²) in [7, 11) is 0. The van der Waals surface area contributed by atoms with Crippen LogP contribution in [0.2, 0.25) is 0 Å². The van der Waals surface area contributed by atoms with Gasteiger partial charge in [-0.25, -0.2) is 0 Å². The second-order valence-electron chi connectivity index (χ2n) is 6.14. The van der Waals surface area contributed by atoms with Crippen molar-refractivity contribution in [3.05, 3.63) is 0 Å². The second-order valence-corrected chi connectivity index (χ2v) is 6.14. The summed E-state index contributed by atoms with van der Waals surface area (Å²) in [4.78, 5) is 16.9. The minimum Gasteiger partial charge on any atom is -0.339 e. The molecule has 1 aliphatic carbocycles. The Bertz CT molecular complexity index is 289. The summed E-state index contributed by atoms with van der Waals surface area (Å²) in [6, 6.07) is 0.573. The van der Waals surface area contributed by atoms with Gasteiger partial charge in [-0.3, -0.25) is 9.69 Å². The molecular formula is C14H27N3O. The number of nitrogens with two attached hydrogens (primary N) is 1. The predicted octanol–water partition coefficient (Wildman–Crippen LogP) is 1.20. The number of hydrogen-bond acceptors (Lipinski definition) is 3. The summed E-state index contributed by atoms with van der Waals surface area (Å²) >= 11 is 0. The van der Waals surface area contributed by atoms with E-state index in [1.807, 2.05) is 4.90 Å². The van der Waals surface area contributed by atoms with Crippen LogP contribution in [-0.4, -0.2) is 53.5 Å². The van der Waals surface area contributed by atoms with Gasteiger partial charge in [-0.2, -0.15) is 0 Å². The number of carbonyl (C=O) groups is 1. The molecule has 1 saturated heterocycles. The average Bonchev–Trinajstić information content (AvgIpc) is 2.39. The van der Waals surface area contributed by atoms with Gasteiger partial charge in [0.05, 0.1) is 5.54 Å². The molecule has 0 bridgehead atoms. The van der Waals surface area contributed by atoms with Crippen molar-refractivity contribution < 1.29 is 4.79 Å². The highest BCUT2D eigenvalue weighted by Crippen LogP contribution is 2.28. The Morgan fingerprint density at radius 2 is 1.61 bits per heavy atom. The highest BCUT2D eigenvalue weighted by atomic mass is 16.2. The molecule has 2 aliphatic rings. The Balaban J connectivity index is 1.90. The monoisotopic (exact) mass is 253 g/mol. The number of carbonyl (C=O) groups excluding carboxylic acids is 1. The molecule has 0 unspecified atom stereocenters. The maximum atomic E-state index is 12.5. The lowest BCUT2D eigenvalue weighted by Gasteiger charge is -2.42. The molecule has 0 atom stereocenters. The molecule has 1 heterocycles. The second kappa shape index (κ2) is 5.57. The highest BCUT2D eigenvalue weighted by Gasteiger charge is 2.39. The van der Waals surface area contributed by atoms with Crippen molar-refractivity contribution in [3.63, 3.8) is 0 Å². The number of rotatable bonds is 2. The molecule has 1 saturated carbocycles. The third-order valence-electron chi connectivity index (χ3n) is 4.50. The van der Waals surface area contributed by atoms with Gasteiger partial charge in [-0.1, -0.05) is 19.3 Å². The van der Waals surface area contributed by atoms with Crippen molar-refractivity contribution in [2.45, 2.75) is 57.5 Å². The molecule has 0 aromatic heterocycles. The zero-order valence-electron chi connectivity index (χ0n) is 11.8. The molecule has 104 valence electrons. The zero-order chi connectivity index (χ0) is 13.2. The zero-order valence-corrected chi connectivity index (χ0v) is 11.8. The predicted molar refractivity (Wildman–Crippen MR) is 73.3 cm³/mol. The van der Waals surface area contributed by atoms with E-state index >= 15 is 0 Å². The van der Waals surface area contributed by atoms with Crippen LogP contribution in [0.4, 0.5) is 0 Å². The minimum atomic E-state index is -0.557. The summed E-state index contributed by atoms with van der Waals surface area (Å²) in [5.41, 5.74) is 5.77. The van der Waals surface area contributed by atoms with Crippen LogP contribution in [0.3, 0.4) is 0 Å². The van der Waals surface area contributed by atoms with Gasteiger partial charge in [0.15, 0.2) is 0 Å². The van der Waals surface area contributed by atoms with Crippen LogP contribution >= 0.6 is 0 Å². The topological polar surface area (TPSA) is 49.6 Å². The number of amides is 1. The molecule has 0 radical (unpaired) electrons. The summed E-state index contributed by atoms with van der Waals surface area (Å²) in [6.07, 6.45) is 5.18. The smallest absolute Gasteiger partial charge is 0.242 e.